The van der Waals surface area contributed by atoms with Crippen LogP contribution in [-0.4, -0.2) is 24.2 Å². The fourth-order valence-corrected chi connectivity index (χ4v) is 1.69. The van der Waals surface area contributed by atoms with E-state index in [4.69, 9.17) is 17.0 Å². The van der Waals surface area contributed by atoms with Crippen molar-refractivity contribution in [1.82, 2.24) is 16.2 Å². The monoisotopic (exact) mass is 309 g/mol. The lowest BCUT2D eigenvalue weighted by Gasteiger charge is -2.12. The summed E-state index contributed by atoms with van der Waals surface area (Å²) in [6.07, 6.45) is 1.02. The minimum atomic E-state index is -0.287. The highest BCUT2D eigenvalue weighted by molar-refractivity contribution is 7.80. The standard InChI is InChI=1S/C15H23N3O2S/c1-11(2)7-8-16-15(21)18-17-14(19)10-20-13-6-4-5-12(3)9-13/h4-6,9,11H,7-8,10H2,1-3H3,(H,17,19)(H2,16,18,21). The molecule has 1 aromatic rings. The zero-order valence-corrected chi connectivity index (χ0v) is 13.5. The quantitative estimate of drug-likeness (QED) is 0.553. The smallest absolute Gasteiger partial charge is 0.276 e. The van der Waals surface area contributed by atoms with Crippen molar-refractivity contribution >= 4 is 23.2 Å². The van der Waals surface area contributed by atoms with Crippen molar-refractivity contribution in [2.75, 3.05) is 13.2 Å². The summed E-state index contributed by atoms with van der Waals surface area (Å²) in [5, 5.41) is 3.42. The molecule has 0 fully saturated rings. The molecule has 1 rings (SSSR count). The number of hydrogen-bond acceptors (Lipinski definition) is 3. The minimum Gasteiger partial charge on any atom is -0.484 e. The largest absolute Gasteiger partial charge is 0.484 e. The Morgan fingerprint density at radius 1 is 1.33 bits per heavy atom. The Labute approximate surface area is 131 Å². The zero-order chi connectivity index (χ0) is 15.7. The van der Waals surface area contributed by atoms with Gasteiger partial charge in [-0.05, 0) is 49.2 Å². The van der Waals surface area contributed by atoms with Gasteiger partial charge in [-0.3, -0.25) is 15.6 Å². The second kappa shape index (κ2) is 9.18. The Hall–Kier alpha value is -1.82. The van der Waals surface area contributed by atoms with Gasteiger partial charge < -0.3 is 10.1 Å². The number of ether oxygens (including phenoxy) is 1. The minimum absolute atomic E-state index is 0.0644. The number of carbonyl (C=O) groups excluding carboxylic acids is 1. The van der Waals surface area contributed by atoms with Gasteiger partial charge >= 0.3 is 0 Å². The number of hydrogen-bond donors (Lipinski definition) is 3. The van der Waals surface area contributed by atoms with Crippen LogP contribution in [0, 0.1) is 12.8 Å². The van der Waals surface area contributed by atoms with Gasteiger partial charge in [0.2, 0.25) is 0 Å². The van der Waals surface area contributed by atoms with Crippen molar-refractivity contribution in [1.29, 1.82) is 0 Å². The van der Waals surface area contributed by atoms with Crippen LogP contribution in [0.15, 0.2) is 24.3 Å². The number of amides is 1. The van der Waals surface area contributed by atoms with Crippen molar-refractivity contribution in [2.24, 2.45) is 5.92 Å². The predicted molar refractivity (Wildman–Crippen MR) is 88.0 cm³/mol. The molecule has 0 aliphatic heterocycles. The van der Waals surface area contributed by atoms with Crippen LogP contribution >= 0.6 is 12.2 Å². The van der Waals surface area contributed by atoms with Crippen LogP contribution < -0.4 is 20.9 Å². The van der Waals surface area contributed by atoms with E-state index >= 15 is 0 Å². The topological polar surface area (TPSA) is 62.4 Å². The number of thiocarbonyl (C=S) groups is 1. The second-order valence-corrected chi connectivity index (χ2v) is 5.63. The number of rotatable bonds is 6. The van der Waals surface area contributed by atoms with Crippen LogP contribution in [0.3, 0.4) is 0 Å². The molecular weight excluding hydrogens is 286 g/mol. The molecule has 0 saturated carbocycles. The predicted octanol–water partition coefficient (Wildman–Crippen LogP) is 1.92. The highest BCUT2D eigenvalue weighted by atomic mass is 32.1. The van der Waals surface area contributed by atoms with E-state index in [0.717, 1.165) is 18.5 Å². The van der Waals surface area contributed by atoms with Crippen LogP contribution in [0.2, 0.25) is 0 Å². The summed E-state index contributed by atoms with van der Waals surface area (Å²) >= 11 is 5.04. The maximum atomic E-state index is 11.6. The molecule has 0 aromatic heterocycles. The van der Waals surface area contributed by atoms with E-state index in [1.165, 1.54) is 0 Å². The Kier molecular flexibility index (Phi) is 7.53. The van der Waals surface area contributed by atoms with E-state index in [1.54, 1.807) is 0 Å². The average molecular weight is 309 g/mol. The Morgan fingerprint density at radius 3 is 2.76 bits per heavy atom. The summed E-state index contributed by atoms with van der Waals surface area (Å²) in [5.74, 6) is 0.991. The lowest BCUT2D eigenvalue weighted by Crippen LogP contribution is -2.48. The number of benzene rings is 1. The fourth-order valence-electron chi connectivity index (χ4n) is 1.54. The van der Waals surface area contributed by atoms with E-state index in [0.29, 0.717) is 16.8 Å². The third-order valence-electron chi connectivity index (χ3n) is 2.68. The maximum absolute atomic E-state index is 11.6. The first-order valence-electron chi connectivity index (χ1n) is 6.99. The van der Waals surface area contributed by atoms with Gasteiger partial charge in [0.25, 0.3) is 5.91 Å². The summed E-state index contributed by atoms with van der Waals surface area (Å²) in [7, 11) is 0. The SMILES string of the molecule is Cc1cccc(OCC(=O)NNC(=S)NCCC(C)C)c1. The first kappa shape index (κ1) is 17.2. The highest BCUT2D eigenvalue weighted by Crippen LogP contribution is 2.11. The van der Waals surface area contributed by atoms with Gasteiger partial charge in [0, 0.05) is 6.54 Å². The van der Waals surface area contributed by atoms with Crippen LogP contribution in [0.4, 0.5) is 0 Å². The lowest BCUT2D eigenvalue weighted by atomic mass is 10.1. The van der Waals surface area contributed by atoms with Crippen LogP contribution in [-0.2, 0) is 4.79 Å². The van der Waals surface area contributed by atoms with Crippen molar-refractivity contribution in [3.05, 3.63) is 29.8 Å². The third-order valence-corrected chi connectivity index (χ3v) is 2.93. The van der Waals surface area contributed by atoms with E-state index in [-0.39, 0.29) is 12.5 Å². The van der Waals surface area contributed by atoms with Crippen LogP contribution in [0.1, 0.15) is 25.8 Å². The Balaban J connectivity index is 2.17. The molecule has 0 bridgehead atoms. The molecule has 0 spiro atoms. The van der Waals surface area contributed by atoms with Crippen LogP contribution in [0.25, 0.3) is 0 Å². The highest BCUT2D eigenvalue weighted by Gasteiger charge is 2.03. The summed E-state index contributed by atoms with van der Waals surface area (Å²) < 4.78 is 5.38. The number of nitrogens with one attached hydrogen (secondary N) is 3. The molecule has 1 aromatic carbocycles. The van der Waals surface area contributed by atoms with E-state index in [9.17, 15) is 4.79 Å². The summed E-state index contributed by atoms with van der Waals surface area (Å²) in [4.78, 5) is 11.6. The fraction of sp³-hybridized carbons (Fsp3) is 0.467. The average Bonchev–Trinajstić information content (AvgIpc) is 2.42. The molecule has 21 heavy (non-hydrogen) atoms. The van der Waals surface area contributed by atoms with Gasteiger partial charge in [-0.25, -0.2) is 0 Å². The number of carbonyl (C=O) groups is 1. The van der Waals surface area contributed by atoms with Gasteiger partial charge in [-0.1, -0.05) is 26.0 Å². The van der Waals surface area contributed by atoms with Gasteiger partial charge in [-0.15, -0.1) is 0 Å². The molecular formula is C15H23N3O2S. The van der Waals surface area contributed by atoms with Crippen molar-refractivity contribution in [3.8, 4) is 5.75 Å². The molecule has 0 aliphatic rings. The summed E-state index contributed by atoms with van der Waals surface area (Å²) in [5.41, 5.74) is 6.22. The first-order chi connectivity index (χ1) is 9.97. The van der Waals surface area contributed by atoms with E-state index < -0.39 is 0 Å². The first-order valence-corrected chi connectivity index (χ1v) is 7.40. The molecule has 0 unspecified atom stereocenters. The van der Waals surface area contributed by atoms with E-state index in [1.807, 2.05) is 31.2 Å². The zero-order valence-electron chi connectivity index (χ0n) is 12.7. The molecule has 116 valence electrons. The Bertz CT molecular complexity index is 478. The second-order valence-electron chi connectivity index (χ2n) is 5.22. The molecule has 1 amide bonds. The van der Waals surface area contributed by atoms with Gasteiger partial charge in [-0.2, -0.15) is 0 Å². The molecule has 0 radical (unpaired) electrons. The molecule has 6 heteroatoms. The van der Waals surface area contributed by atoms with Crippen molar-refractivity contribution < 1.29 is 9.53 Å². The van der Waals surface area contributed by atoms with Gasteiger partial charge in [0.15, 0.2) is 11.7 Å². The molecule has 5 nitrogen and oxygen atoms in total. The maximum Gasteiger partial charge on any atom is 0.276 e. The normalized spacial score (nSPS) is 10.1. The lowest BCUT2D eigenvalue weighted by molar-refractivity contribution is -0.123. The molecule has 0 saturated heterocycles. The number of aryl methyl sites for hydroxylation is 1. The van der Waals surface area contributed by atoms with Gasteiger partial charge in [0.05, 0.1) is 0 Å². The van der Waals surface area contributed by atoms with E-state index in [2.05, 4.69) is 30.0 Å². The summed E-state index contributed by atoms with van der Waals surface area (Å²) in [6, 6.07) is 7.54. The molecule has 0 aliphatic carbocycles. The molecule has 3 N–H and O–H groups in total. The molecule has 0 atom stereocenters. The van der Waals surface area contributed by atoms with Crippen LogP contribution in [0.5, 0.6) is 5.75 Å². The number of hydrazine groups is 1. The third kappa shape index (κ3) is 8.14. The molecule has 0 heterocycles. The summed E-state index contributed by atoms with van der Waals surface area (Å²) in [6.45, 7) is 6.96. The van der Waals surface area contributed by atoms with Gasteiger partial charge in [0.1, 0.15) is 5.75 Å². The Morgan fingerprint density at radius 2 is 2.10 bits per heavy atom. The van der Waals surface area contributed by atoms with Crippen molar-refractivity contribution in [3.63, 3.8) is 0 Å². The van der Waals surface area contributed by atoms with Crippen molar-refractivity contribution in [2.45, 2.75) is 27.2 Å².